The van der Waals surface area contributed by atoms with Crippen LogP contribution in [0.15, 0.2) is 60.7 Å². The lowest BCUT2D eigenvalue weighted by atomic mass is 9.88. The lowest BCUT2D eigenvalue weighted by Crippen LogP contribution is -2.48. The number of nitrogens with one attached hydrogen (secondary N) is 2. The molecule has 0 bridgehead atoms. The van der Waals surface area contributed by atoms with Crippen molar-refractivity contribution in [3.63, 3.8) is 0 Å². The molecule has 0 unspecified atom stereocenters. The molecule has 0 saturated heterocycles. The number of aliphatic hydroxyl groups is 1. The number of likely N-dealkylation sites (N-methyl/N-ethyl adjacent to an activating group) is 1. The van der Waals surface area contributed by atoms with Gasteiger partial charge in [0.15, 0.2) is 0 Å². The Morgan fingerprint density at radius 1 is 0.960 bits per heavy atom. The van der Waals surface area contributed by atoms with Crippen molar-refractivity contribution in [2.24, 2.45) is 11.8 Å². The summed E-state index contributed by atoms with van der Waals surface area (Å²) in [5, 5.41) is 18.4. The molecule has 1 saturated carbocycles. The highest BCUT2D eigenvalue weighted by Crippen LogP contribution is 2.30. The number of ether oxygens (including phenoxy) is 2. The van der Waals surface area contributed by atoms with E-state index < -0.39 is 6.04 Å². The van der Waals surface area contributed by atoms with E-state index in [4.69, 9.17) is 9.47 Å². The van der Waals surface area contributed by atoms with Gasteiger partial charge in [-0.1, -0.05) is 62.6 Å². The van der Waals surface area contributed by atoms with Gasteiger partial charge in [-0.2, -0.15) is 0 Å². The summed E-state index contributed by atoms with van der Waals surface area (Å²) in [5.41, 5.74) is 1.62. The number of amides is 4. The van der Waals surface area contributed by atoms with Crippen LogP contribution in [0.2, 0.25) is 0 Å². The Bertz CT molecular complexity index is 1600. The van der Waals surface area contributed by atoms with E-state index >= 15 is 0 Å². The van der Waals surface area contributed by atoms with Gasteiger partial charge in [-0.3, -0.25) is 9.59 Å². The third-order valence-electron chi connectivity index (χ3n) is 10.1. The van der Waals surface area contributed by atoms with E-state index in [1.54, 1.807) is 35.0 Å². The molecular formula is C40H54N4O6. The highest BCUT2D eigenvalue weighted by atomic mass is 16.5. The minimum atomic E-state index is -0.503. The monoisotopic (exact) mass is 686 g/mol. The molecule has 1 fully saturated rings. The molecule has 10 heteroatoms. The van der Waals surface area contributed by atoms with Gasteiger partial charge in [-0.15, -0.1) is 0 Å². The zero-order valence-electron chi connectivity index (χ0n) is 30.0. The molecule has 10 nitrogen and oxygen atoms in total. The molecule has 4 amide bonds. The second-order valence-corrected chi connectivity index (χ2v) is 14.2. The first-order valence-corrected chi connectivity index (χ1v) is 18.3. The Kier molecular flexibility index (Phi) is 13.1. The van der Waals surface area contributed by atoms with Crippen LogP contribution in [0.1, 0.15) is 82.5 Å². The van der Waals surface area contributed by atoms with E-state index in [0.717, 1.165) is 67.8 Å². The molecule has 3 aromatic rings. The van der Waals surface area contributed by atoms with E-state index in [0.29, 0.717) is 30.2 Å². The summed E-state index contributed by atoms with van der Waals surface area (Å²) in [7, 11) is 1.75. The fourth-order valence-corrected chi connectivity index (χ4v) is 6.97. The summed E-state index contributed by atoms with van der Waals surface area (Å²) in [5.74, 6) is -0.0838. The van der Waals surface area contributed by atoms with Crippen LogP contribution in [0.3, 0.4) is 0 Å². The number of aliphatic hydroxyl groups excluding tert-OH is 1. The second-order valence-electron chi connectivity index (χ2n) is 14.2. The summed E-state index contributed by atoms with van der Waals surface area (Å²) in [6, 6.07) is 18.3. The number of carbonyl (C=O) groups excluding carboxylic acids is 3. The standard InChI is InChI=1S/C40H54N4O6/c1-27-24-44(28(2)26-45)39(47)34-23-32(41-38(46)31-15-6-5-7-16-31)20-21-36(34)50-29(3)13-10-11-22-49-37(27)25-43(4)40(48)42-35-19-12-17-30-14-8-9-18-33(30)35/h8-9,12,14,17-21,23,27-29,31,37,45H,5-7,10-11,13,15-16,22,24-26H2,1-4H3,(H,41,46)(H,42,48)/t27-,28-,29+,37+/m1/s1. The Labute approximate surface area is 296 Å². The fraction of sp³-hybridized carbons (Fsp3) is 0.525. The Morgan fingerprint density at radius 2 is 1.70 bits per heavy atom. The summed E-state index contributed by atoms with van der Waals surface area (Å²) in [6.45, 7) is 6.66. The molecule has 1 heterocycles. The van der Waals surface area contributed by atoms with Crippen LogP contribution in [-0.2, 0) is 9.53 Å². The van der Waals surface area contributed by atoms with E-state index in [-0.39, 0.29) is 55.0 Å². The number of urea groups is 1. The molecule has 0 aromatic heterocycles. The summed E-state index contributed by atoms with van der Waals surface area (Å²) in [6.07, 6.45) is 6.92. The average molecular weight is 687 g/mol. The predicted octanol–water partition coefficient (Wildman–Crippen LogP) is 7.32. The molecule has 1 aliphatic heterocycles. The van der Waals surface area contributed by atoms with Crippen LogP contribution in [0.25, 0.3) is 10.8 Å². The fourth-order valence-electron chi connectivity index (χ4n) is 6.97. The van der Waals surface area contributed by atoms with Crippen molar-refractivity contribution in [2.75, 3.05) is 44.0 Å². The smallest absolute Gasteiger partial charge is 0.321 e. The van der Waals surface area contributed by atoms with Gasteiger partial charge in [-0.25, -0.2) is 4.79 Å². The first-order valence-electron chi connectivity index (χ1n) is 18.3. The number of carbonyl (C=O) groups is 3. The molecule has 50 heavy (non-hydrogen) atoms. The largest absolute Gasteiger partial charge is 0.490 e. The lowest BCUT2D eigenvalue weighted by molar-refractivity contribution is -0.120. The molecular weight excluding hydrogens is 632 g/mol. The average Bonchev–Trinajstić information content (AvgIpc) is 3.13. The van der Waals surface area contributed by atoms with Crippen molar-refractivity contribution >= 4 is 40.0 Å². The maximum atomic E-state index is 14.5. The van der Waals surface area contributed by atoms with Gasteiger partial charge in [0.05, 0.1) is 36.1 Å². The van der Waals surface area contributed by atoms with Crippen molar-refractivity contribution in [3.8, 4) is 5.75 Å². The SMILES string of the molecule is C[C@@H]1CN([C@H](C)CO)C(=O)c2cc(NC(=O)C3CCCCC3)ccc2O[C@@H](C)CCCCO[C@H]1CN(C)C(=O)Nc1cccc2ccccc12. The molecule has 5 rings (SSSR count). The Balaban J connectivity index is 1.37. The minimum absolute atomic E-state index is 0.0184. The van der Waals surface area contributed by atoms with Crippen molar-refractivity contribution < 1.29 is 29.0 Å². The predicted molar refractivity (Wildman–Crippen MR) is 198 cm³/mol. The number of rotatable bonds is 7. The maximum Gasteiger partial charge on any atom is 0.321 e. The molecule has 3 aromatic carbocycles. The lowest BCUT2D eigenvalue weighted by Gasteiger charge is -2.36. The molecule has 2 aliphatic rings. The molecule has 1 aliphatic carbocycles. The first-order chi connectivity index (χ1) is 24.1. The maximum absolute atomic E-state index is 14.5. The summed E-state index contributed by atoms with van der Waals surface area (Å²) >= 11 is 0. The van der Waals surface area contributed by atoms with E-state index in [9.17, 15) is 19.5 Å². The Morgan fingerprint density at radius 3 is 2.48 bits per heavy atom. The van der Waals surface area contributed by atoms with E-state index in [1.165, 1.54) is 0 Å². The van der Waals surface area contributed by atoms with Gasteiger partial charge in [0.1, 0.15) is 5.75 Å². The summed E-state index contributed by atoms with van der Waals surface area (Å²) in [4.78, 5) is 44.3. The quantitative estimate of drug-likeness (QED) is 0.240. The number of hydrogen-bond acceptors (Lipinski definition) is 6. The minimum Gasteiger partial charge on any atom is -0.490 e. The van der Waals surface area contributed by atoms with Crippen LogP contribution in [0, 0.1) is 11.8 Å². The number of nitrogens with zero attached hydrogens (tertiary/aromatic N) is 2. The van der Waals surface area contributed by atoms with Gasteiger partial charge < -0.3 is 35.0 Å². The second kappa shape index (κ2) is 17.7. The Hall–Kier alpha value is -4.15. The van der Waals surface area contributed by atoms with Gasteiger partial charge in [-0.05, 0) is 75.6 Å². The zero-order chi connectivity index (χ0) is 35.6. The highest BCUT2D eigenvalue weighted by Gasteiger charge is 2.31. The normalized spacial score (nSPS) is 21.7. The van der Waals surface area contributed by atoms with Gasteiger partial charge in [0, 0.05) is 49.7 Å². The van der Waals surface area contributed by atoms with E-state index in [2.05, 4.69) is 10.6 Å². The number of anilines is 2. The number of hydrogen-bond donors (Lipinski definition) is 3. The third kappa shape index (κ3) is 9.54. The van der Waals surface area contributed by atoms with Crippen molar-refractivity contribution in [2.45, 2.75) is 90.4 Å². The van der Waals surface area contributed by atoms with Crippen molar-refractivity contribution in [3.05, 3.63) is 66.2 Å². The molecule has 0 spiro atoms. The van der Waals surface area contributed by atoms with Crippen LogP contribution >= 0.6 is 0 Å². The van der Waals surface area contributed by atoms with E-state index in [1.807, 2.05) is 63.2 Å². The van der Waals surface area contributed by atoms with Crippen LogP contribution in [0.5, 0.6) is 5.75 Å². The highest BCUT2D eigenvalue weighted by molar-refractivity contribution is 6.02. The first kappa shape index (κ1) is 37.1. The van der Waals surface area contributed by atoms with Crippen LogP contribution in [0.4, 0.5) is 16.2 Å². The van der Waals surface area contributed by atoms with Crippen LogP contribution < -0.4 is 15.4 Å². The molecule has 0 radical (unpaired) electrons. The molecule has 4 atom stereocenters. The molecule has 270 valence electrons. The van der Waals surface area contributed by atoms with Gasteiger partial charge >= 0.3 is 6.03 Å². The number of benzene rings is 3. The molecule has 3 N–H and O–H groups in total. The van der Waals surface area contributed by atoms with Crippen molar-refractivity contribution in [1.29, 1.82) is 0 Å². The van der Waals surface area contributed by atoms with Crippen molar-refractivity contribution in [1.82, 2.24) is 9.80 Å². The number of fused-ring (bicyclic) bond motifs is 2. The topological polar surface area (TPSA) is 120 Å². The third-order valence-corrected chi connectivity index (χ3v) is 10.1. The summed E-state index contributed by atoms with van der Waals surface area (Å²) < 4.78 is 12.8. The zero-order valence-corrected chi connectivity index (χ0v) is 30.0. The van der Waals surface area contributed by atoms with Gasteiger partial charge in [0.25, 0.3) is 5.91 Å². The van der Waals surface area contributed by atoms with Gasteiger partial charge in [0.2, 0.25) is 5.91 Å². The van der Waals surface area contributed by atoms with Crippen LogP contribution in [-0.4, -0.2) is 84.4 Å².